The van der Waals surface area contributed by atoms with Crippen LogP contribution in [0.3, 0.4) is 0 Å². The fourth-order valence-corrected chi connectivity index (χ4v) is 2.18. The Hall–Kier alpha value is -2.20. The Balaban J connectivity index is 2.19. The molecular formula is C16H17ClN2O2. The number of carbonyl (C=O) groups is 1. The summed E-state index contributed by atoms with van der Waals surface area (Å²) in [7, 11) is 1.58. The first kappa shape index (κ1) is 15.2. The second kappa shape index (κ2) is 6.50. The van der Waals surface area contributed by atoms with E-state index >= 15 is 0 Å². The highest BCUT2D eigenvalue weighted by molar-refractivity contribution is 6.33. The number of phenols is 1. The molecule has 3 N–H and O–H groups in total. The van der Waals surface area contributed by atoms with Gasteiger partial charge in [-0.3, -0.25) is 4.79 Å². The van der Waals surface area contributed by atoms with E-state index in [0.29, 0.717) is 22.8 Å². The van der Waals surface area contributed by atoms with Crippen LogP contribution in [0.25, 0.3) is 0 Å². The van der Waals surface area contributed by atoms with Crippen LogP contribution in [-0.4, -0.2) is 18.1 Å². The number of aromatic hydroxyl groups is 1. The Morgan fingerprint density at radius 2 is 2.05 bits per heavy atom. The summed E-state index contributed by atoms with van der Waals surface area (Å²) in [5.41, 5.74) is 2.77. The van der Waals surface area contributed by atoms with Crippen LogP contribution in [-0.2, 0) is 6.54 Å². The van der Waals surface area contributed by atoms with Gasteiger partial charge in [-0.25, -0.2) is 0 Å². The molecule has 0 unspecified atom stereocenters. The molecule has 0 heterocycles. The number of phenolic OH excluding ortho intramolecular Hbond substituents is 1. The number of anilines is 1. The summed E-state index contributed by atoms with van der Waals surface area (Å²) in [5.74, 6) is 0.0942. The van der Waals surface area contributed by atoms with Crippen molar-refractivity contribution in [1.82, 2.24) is 5.32 Å². The first-order valence-corrected chi connectivity index (χ1v) is 6.93. The standard InChI is InChI=1S/C16H17ClN2O2/c1-10-4-3-5-12(15(10)20)9-19-14-8-11(16(21)18-2)6-7-13(14)17/h3-8,19-20H,9H2,1-2H3,(H,18,21). The summed E-state index contributed by atoms with van der Waals surface area (Å²) in [6, 6.07) is 10.6. The van der Waals surface area contributed by atoms with Gasteiger partial charge in [-0.1, -0.05) is 29.8 Å². The number of hydrogen-bond donors (Lipinski definition) is 3. The Bertz CT molecular complexity index is 671. The molecule has 0 bridgehead atoms. The molecule has 0 saturated carbocycles. The summed E-state index contributed by atoms with van der Waals surface area (Å²) < 4.78 is 0. The number of rotatable bonds is 4. The summed E-state index contributed by atoms with van der Waals surface area (Å²) in [6.07, 6.45) is 0. The van der Waals surface area contributed by atoms with Crippen molar-refractivity contribution in [2.75, 3.05) is 12.4 Å². The fraction of sp³-hybridized carbons (Fsp3) is 0.188. The van der Waals surface area contributed by atoms with E-state index in [-0.39, 0.29) is 11.7 Å². The minimum absolute atomic E-state index is 0.173. The lowest BCUT2D eigenvalue weighted by Crippen LogP contribution is -2.17. The van der Waals surface area contributed by atoms with Gasteiger partial charge in [-0.15, -0.1) is 0 Å². The van der Waals surface area contributed by atoms with E-state index < -0.39 is 0 Å². The van der Waals surface area contributed by atoms with Gasteiger partial charge < -0.3 is 15.7 Å². The topological polar surface area (TPSA) is 61.4 Å². The quantitative estimate of drug-likeness (QED) is 0.812. The van der Waals surface area contributed by atoms with Crippen LogP contribution in [0.5, 0.6) is 5.75 Å². The maximum Gasteiger partial charge on any atom is 0.251 e. The van der Waals surface area contributed by atoms with Gasteiger partial charge in [0, 0.05) is 24.7 Å². The molecule has 0 saturated heterocycles. The lowest BCUT2D eigenvalue weighted by atomic mass is 10.1. The van der Waals surface area contributed by atoms with Gasteiger partial charge in [-0.05, 0) is 30.7 Å². The second-order valence-corrected chi connectivity index (χ2v) is 5.12. The summed E-state index contributed by atoms with van der Waals surface area (Å²) in [6.45, 7) is 2.27. The van der Waals surface area contributed by atoms with Crippen molar-refractivity contribution in [3.63, 3.8) is 0 Å². The Morgan fingerprint density at radius 1 is 1.29 bits per heavy atom. The number of aryl methyl sites for hydroxylation is 1. The zero-order valence-corrected chi connectivity index (χ0v) is 12.7. The molecule has 0 radical (unpaired) electrons. The molecule has 0 aromatic heterocycles. The van der Waals surface area contributed by atoms with Crippen LogP contribution in [0.1, 0.15) is 21.5 Å². The molecule has 5 heteroatoms. The normalized spacial score (nSPS) is 10.2. The summed E-state index contributed by atoms with van der Waals surface area (Å²) >= 11 is 6.12. The first-order valence-electron chi connectivity index (χ1n) is 6.56. The van der Waals surface area contributed by atoms with Crippen molar-refractivity contribution in [3.05, 3.63) is 58.1 Å². The van der Waals surface area contributed by atoms with Gasteiger partial charge in [0.15, 0.2) is 0 Å². The Kier molecular flexibility index (Phi) is 4.70. The number of hydrogen-bond acceptors (Lipinski definition) is 3. The van der Waals surface area contributed by atoms with E-state index in [1.165, 1.54) is 0 Å². The summed E-state index contributed by atoms with van der Waals surface area (Å²) in [4.78, 5) is 11.6. The largest absolute Gasteiger partial charge is 0.507 e. The predicted molar refractivity (Wildman–Crippen MR) is 85.0 cm³/mol. The lowest BCUT2D eigenvalue weighted by Gasteiger charge is -2.12. The van der Waals surface area contributed by atoms with Crippen LogP contribution in [0.2, 0.25) is 5.02 Å². The third-order valence-electron chi connectivity index (χ3n) is 3.25. The highest BCUT2D eigenvalue weighted by Crippen LogP contribution is 2.26. The molecule has 4 nitrogen and oxygen atoms in total. The fourth-order valence-electron chi connectivity index (χ4n) is 2.00. The highest BCUT2D eigenvalue weighted by Gasteiger charge is 2.09. The van der Waals surface area contributed by atoms with Gasteiger partial charge in [0.05, 0.1) is 10.7 Å². The zero-order chi connectivity index (χ0) is 15.4. The van der Waals surface area contributed by atoms with Gasteiger partial charge in [0.25, 0.3) is 5.91 Å². The monoisotopic (exact) mass is 304 g/mol. The molecule has 0 fully saturated rings. The predicted octanol–water partition coefficient (Wildman–Crippen LogP) is 3.33. The van der Waals surface area contributed by atoms with Gasteiger partial charge in [0.2, 0.25) is 0 Å². The molecular weight excluding hydrogens is 288 g/mol. The smallest absolute Gasteiger partial charge is 0.251 e. The van der Waals surface area contributed by atoms with Crippen molar-refractivity contribution in [3.8, 4) is 5.75 Å². The third kappa shape index (κ3) is 3.47. The molecule has 110 valence electrons. The van der Waals surface area contributed by atoms with Crippen molar-refractivity contribution in [2.24, 2.45) is 0 Å². The van der Waals surface area contributed by atoms with Crippen molar-refractivity contribution in [2.45, 2.75) is 13.5 Å². The number of benzene rings is 2. The lowest BCUT2D eigenvalue weighted by molar-refractivity contribution is 0.0963. The van der Waals surface area contributed by atoms with Gasteiger partial charge >= 0.3 is 0 Å². The first-order chi connectivity index (χ1) is 10.0. The third-order valence-corrected chi connectivity index (χ3v) is 3.58. The minimum atomic E-state index is -0.173. The molecule has 2 rings (SSSR count). The van der Waals surface area contributed by atoms with Crippen LogP contribution in [0.15, 0.2) is 36.4 Å². The SMILES string of the molecule is CNC(=O)c1ccc(Cl)c(NCc2cccc(C)c2O)c1. The van der Waals surface area contributed by atoms with E-state index in [9.17, 15) is 9.90 Å². The molecule has 2 aromatic carbocycles. The van der Waals surface area contributed by atoms with E-state index in [1.54, 1.807) is 25.2 Å². The molecule has 0 aliphatic rings. The number of nitrogens with one attached hydrogen (secondary N) is 2. The molecule has 0 aliphatic heterocycles. The van der Waals surface area contributed by atoms with E-state index in [1.807, 2.05) is 25.1 Å². The molecule has 0 aliphatic carbocycles. The molecule has 0 atom stereocenters. The van der Waals surface area contributed by atoms with Crippen LogP contribution < -0.4 is 10.6 Å². The zero-order valence-electron chi connectivity index (χ0n) is 11.9. The number of halogens is 1. The van der Waals surface area contributed by atoms with E-state index in [4.69, 9.17) is 11.6 Å². The maximum atomic E-state index is 11.6. The number of amides is 1. The Morgan fingerprint density at radius 3 is 2.76 bits per heavy atom. The number of carbonyl (C=O) groups excluding carboxylic acids is 1. The average molecular weight is 305 g/mol. The highest BCUT2D eigenvalue weighted by atomic mass is 35.5. The van der Waals surface area contributed by atoms with Crippen molar-refractivity contribution in [1.29, 1.82) is 0 Å². The Labute approximate surface area is 128 Å². The minimum Gasteiger partial charge on any atom is -0.507 e. The van der Waals surface area contributed by atoms with Crippen LogP contribution >= 0.6 is 11.6 Å². The van der Waals surface area contributed by atoms with E-state index in [2.05, 4.69) is 10.6 Å². The van der Waals surface area contributed by atoms with Crippen LogP contribution in [0.4, 0.5) is 5.69 Å². The maximum absolute atomic E-state index is 11.6. The second-order valence-electron chi connectivity index (χ2n) is 4.71. The molecule has 21 heavy (non-hydrogen) atoms. The van der Waals surface area contributed by atoms with E-state index in [0.717, 1.165) is 11.1 Å². The van der Waals surface area contributed by atoms with Crippen molar-refractivity contribution < 1.29 is 9.90 Å². The molecule has 0 spiro atoms. The number of para-hydroxylation sites is 1. The van der Waals surface area contributed by atoms with Crippen molar-refractivity contribution >= 4 is 23.2 Å². The molecule has 2 aromatic rings. The molecule has 1 amide bonds. The van der Waals surface area contributed by atoms with Gasteiger partial charge in [0.1, 0.15) is 5.75 Å². The van der Waals surface area contributed by atoms with Gasteiger partial charge in [-0.2, -0.15) is 0 Å². The van der Waals surface area contributed by atoms with Crippen LogP contribution in [0, 0.1) is 6.92 Å². The summed E-state index contributed by atoms with van der Waals surface area (Å²) in [5, 5.41) is 16.2. The average Bonchev–Trinajstić information content (AvgIpc) is 2.49.